The second-order valence-corrected chi connectivity index (χ2v) is 2.28. The zero-order valence-electron chi connectivity index (χ0n) is 6.34. The van der Waals surface area contributed by atoms with E-state index in [4.69, 9.17) is 16.7 Å². The molecule has 0 aromatic heterocycles. The van der Waals surface area contributed by atoms with Crippen molar-refractivity contribution < 1.29 is 14.3 Å². The number of hydrogen-bond acceptors (Lipinski definition) is 1. The van der Waals surface area contributed by atoms with Crippen molar-refractivity contribution in [1.82, 2.24) is 0 Å². The first-order chi connectivity index (χ1) is 5.13. The molecule has 0 bridgehead atoms. The van der Waals surface area contributed by atoms with Crippen molar-refractivity contribution in [2.24, 2.45) is 0 Å². The summed E-state index contributed by atoms with van der Waals surface area (Å²) in [4.78, 5) is 10.3. The number of rotatable bonds is 1. The fraction of sp³-hybridized carbons (Fsp3) is 0. The van der Waals surface area contributed by atoms with Crippen LogP contribution in [0.25, 0.3) is 0 Å². The SMILES string of the molecule is O=C(O)c1cccc(F)c1Cl.[Na]. The van der Waals surface area contributed by atoms with Gasteiger partial charge in [0.2, 0.25) is 0 Å². The average Bonchev–Trinajstić information content (AvgIpc) is 1.94. The number of carboxylic acids is 1. The van der Waals surface area contributed by atoms with Crippen molar-refractivity contribution in [3.63, 3.8) is 0 Å². The summed E-state index contributed by atoms with van der Waals surface area (Å²) >= 11 is 5.33. The second-order valence-electron chi connectivity index (χ2n) is 1.91. The summed E-state index contributed by atoms with van der Waals surface area (Å²) in [5, 5.41) is 8.09. The molecular weight excluding hydrogens is 194 g/mol. The van der Waals surface area contributed by atoms with E-state index in [0.717, 1.165) is 6.07 Å². The fourth-order valence-corrected chi connectivity index (χ4v) is 0.876. The number of carboxylic acid groups (broad SMARTS) is 1. The normalized spacial score (nSPS) is 8.83. The Bertz CT molecular complexity index is 303. The Labute approximate surface area is 95.6 Å². The van der Waals surface area contributed by atoms with Gasteiger partial charge in [-0.2, -0.15) is 0 Å². The molecule has 0 amide bonds. The third-order valence-corrected chi connectivity index (χ3v) is 1.57. The van der Waals surface area contributed by atoms with Crippen molar-refractivity contribution in [2.45, 2.75) is 0 Å². The average molecular weight is 198 g/mol. The van der Waals surface area contributed by atoms with E-state index in [1.54, 1.807) is 0 Å². The van der Waals surface area contributed by atoms with E-state index >= 15 is 0 Å². The molecule has 0 aliphatic carbocycles. The fourth-order valence-electron chi connectivity index (χ4n) is 0.669. The molecular formula is C7H4ClFNaO2. The Hall–Kier alpha value is -0.0900. The molecule has 2 nitrogen and oxygen atoms in total. The topological polar surface area (TPSA) is 37.3 Å². The van der Waals surface area contributed by atoms with Crippen LogP contribution in [0.2, 0.25) is 5.02 Å². The molecule has 1 rings (SSSR count). The number of aromatic carboxylic acids is 1. The molecule has 1 radical (unpaired) electrons. The van der Waals surface area contributed by atoms with Gasteiger partial charge in [-0.3, -0.25) is 0 Å². The summed E-state index contributed by atoms with van der Waals surface area (Å²) in [7, 11) is 0. The van der Waals surface area contributed by atoms with Crippen LogP contribution in [0.4, 0.5) is 4.39 Å². The maximum Gasteiger partial charge on any atom is 0.337 e. The molecule has 1 N–H and O–H groups in total. The summed E-state index contributed by atoms with van der Waals surface area (Å²) in [5.41, 5.74) is -0.216. The van der Waals surface area contributed by atoms with Gasteiger partial charge in [0.1, 0.15) is 5.82 Å². The summed E-state index contributed by atoms with van der Waals surface area (Å²) < 4.78 is 12.5. The van der Waals surface area contributed by atoms with Gasteiger partial charge in [-0.15, -0.1) is 0 Å². The third kappa shape index (κ3) is 2.45. The zero-order chi connectivity index (χ0) is 8.43. The molecule has 59 valence electrons. The van der Waals surface area contributed by atoms with Gasteiger partial charge in [0.15, 0.2) is 0 Å². The van der Waals surface area contributed by atoms with E-state index < -0.39 is 11.8 Å². The van der Waals surface area contributed by atoms with Gasteiger partial charge in [-0.1, -0.05) is 17.7 Å². The Balaban J connectivity index is 0.00000121. The molecule has 0 fully saturated rings. The predicted octanol–water partition coefficient (Wildman–Crippen LogP) is 1.80. The van der Waals surface area contributed by atoms with Gasteiger partial charge >= 0.3 is 5.97 Å². The summed E-state index contributed by atoms with van der Waals surface area (Å²) in [6, 6.07) is 3.65. The third-order valence-electron chi connectivity index (χ3n) is 1.18. The van der Waals surface area contributed by atoms with Gasteiger partial charge in [-0.05, 0) is 12.1 Å². The first-order valence-corrected chi connectivity index (χ1v) is 3.18. The first-order valence-electron chi connectivity index (χ1n) is 2.80. The molecule has 5 heteroatoms. The van der Waals surface area contributed by atoms with Crippen LogP contribution in [-0.4, -0.2) is 40.6 Å². The molecule has 0 aliphatic rings. The van der Waals surface area contributed by atoms with Crippen LogP contribution in [0.3, 0.4) is 0 Å². The maximum atomic E-state index is 12.5. The zero-order valence-corrected chi connectivity index (χ0v) is 9.10. The Morgan fingerprint density at radius 2 is 2.08 bits per heavy atom. The maximum absolute atomic E-state index is 12.5. The molecule has 0 aliphatic heterocycles. The molecule has 0 saturated heterocycles. The number of hydrogen-bond donors (Lipinski definition) is 1. The standard InChI is InChI=1S/C7H4ClFO2.Na/c8-6-4(7(10)11)2-1-3-5(6)9;/h1-3H,(H,10,11);. The van der Waals surface area contributed by atoms with Crippen LogP contribution in [0.5, 0.6) is 0 Å². The minimum Gasteiger partial charge on any atom is -0.478 e. The monoisotopic (exact) mass is 197 g/mol. The quantitative estimate of drug-likeness (QED) is 0.697. The Kier molecular flexibility index (Phi) is 4.78. The van der Waals surface area contributed by atoms with Crippen molar-refractivity contribution in [2.75, 3.05) is 0 Å². The second kappa shape index (κ2) is 4.82. The Morgan fingerprint density at radius 3 is 2.50 bits per heavy atom. The van der Waals surface area contributed by atoms with E-state index in [1.165, 1.54) is 12.1 Å². The predicted molar refractivity (Wildman–Crippen MR) is 44.1 cm³/mol. The van der Waals surface area contributed by atoms with E-state index in [1.807, 2.05) is 0 Å². The largest absolute Gasteiger partial charge is 0.478 e. The number of benzene rings is 1. The molecule has 0 heterocycles. The molecule has 0 atom stereocenters. The van der Waals surface area contributed by atoms with Gasteiger partial charge < -0.3 is 5.11 Å². The van der Waals surface area contributed by atoms with Crippen LogP contribution in [0.15, 0.2) is 18.2 Å². The molecule has 0 spiro atoms. The van der Waals surface area contributed by atoms with Crippen LogP contribution in [0.1, 0.15) is 10.4 Å². The summed E-state index contributed by atoms with van der Waals surface area (Å²) in [6.45, 7) is 0. The minimum absolute atomic E-state index is 0. The van der Waals surface area contributed by atoms with E-state index in [0.29, 0.717) is 0 Å². The molecule has 0 saturated carbocycles. The molecule has 12 heavy (non-hydrogen) atoms. The van der Waals surface area contributed by atoms with Crippen LogP contribution in [-0.2, 0) is 0 Å². The Morgan fingerprint density at radius 1 is 1.50 bits per heavy atom. The summed E-state index contributed by atoms with van der Waals surface area (Å²) in [6.07, 6.45) is 0. The molecule has 0 unspecified atom stereocenters. The van der Waals surface area contributed by atoms with E-state index in [2.05, 4.69) is 0 Å². The first kappa shape index (κ1) is 11.9. The van der Waals surface area contributed by atoms with E-state index in [9.17, 15) is 9.18 Å². The van der Waals surface area contributed by atoms with Crippen molar-refractivity contribution in [1.29, 1.82) is 0 Å². The van der Waals surface area contributed by atoms with Crippen LogP contribution >= 0.6 is 11.6 Å². The van der Waals surface area contributed by atoms with Gasteiger partial charge in [0.05, 0.1) is 10.6 Å². The minimum atomic E-state index is -1.23. The smallest absolute Gasteiger partial charge is 0.337 e. The number of carbonyl (C=O) groups is 1. The van der Waals surface area contributed by atoms with Crippen molar-refractivity contribution in [3.05, 3.63) is 34.6 Å². The molecule has 1 aromatic rings. The molecule has 1 aromatic carbocycles. The van der Waals surface area contributed by atoms with Gasteiger partial charge in [0, 0.05) is 29.6 Å². The number of halogens is 2. The van der Waals surface area contributed by atoms with Crippen molar-refractivity contribution in [3.8, 4) is 0 Å². The van der Waals surface area contributed by atoms with Gasteiger partial charge in [0.25, 0.3) is 0 Å². The van der Waals surface area contributed by atoms with Gasteiger partial charge in [-0.25, -0.2) is 9.18 Å². The van der Waals surface area contributed by atoms with E-state index in [-0.39, 0.29) is 40.1 Å². The van der Waals surface area contributed by atoms with Crippen LogP contribution < -0.4 is 0 Å². The van der Waals surface area contributed by atoms with Crippen molar-refractivity contribution >= 4 is 47.1 Å². The van der Waals surface area contributed by atoms with Crippen LogP contribution in [0, 0.1) is 5.82 Å². The summed E-state index contributed by atoms with van der Waals surface area (Å²) in [5.74, 6) is -1.94.